The van der Waals surface area contributed by atoms with E-state index in [2.05, 4.69) is 37.9 Å². The molecule has 1 fully saturated rings. The van der Waals surface area contributed by atoms with Gasteiger partial charge in [0.1, 0.15) is 11.2 Å². The molecule has 33 heavy (non-hydrogen) atoms. The maximum atomic E-state index is 13.2. The molecule has 0 saturated heterocycles. The Hall–Kier alpha value is -2.73. The molecule has 1 N–H and O–H groups in total. The summed E-state index contributed by atoms with van der Waals surface area (Å²) in [6.07, 6.45) is 6.44. The summed E-state index contributed by atoms with van der Waals surface area (Å²) in [6, 6.07) is 5.37. The fourth-order valence-electron chi connectivity index (χ4n) is 4.20. The first kappa shape index (κ1) is 20.8. The third-order valence-electron chi connectivity index (χ3n) is 6.38. The van der Waals surface area contributed by atoms with Gasteiger partial charge >= 0.3 is 0 Å². The Balaban J connectivity index is 1.59. The predicted molar refractivity (Wildman–Crippen MR) is 127 cm³/mol. The van der Waals surface area contributed by atoms with E-state index in [4.69, 9.17) is 5.10 Å². The lowest BCUT2D eigenvalue weighted by Gasteiger charge is -2.23. The average Bonchev–Trinajstić information content (AvgIpc) is 3.20. The maximum Gasteiger partial charge on any atom is 0.241 e. The molecule has 0 spiro atoms. The standard InChI is InChI=1S/C22H23N7O2S2/c1-22(5-6-22)27-33(30,31)16-9-15-12-23-19-11-18(21-25-24-13-32-21)26-29(19)20(15)17(10-16)14-3-7-28(2)8-4-14/h3,9-13,27H,4-8H2,1-2H3. The largest absolute Gasteiger partial charge is 0.302 e. The van der Waals surface area contributed by atoms with Crippen LogP contribution in [0.2, 0.25) is 0 Å². The molecule has 4 aromatic rings. The van der Waals surface area contributed by atoms with E-state index < -0.39 is 10.0 Å². The van der Waals surface area contributed by atoms with Crippen molar-refractivity contribution in [2.45, 2.75) is 36.6 Å². The molecule has 0 atom stereocenters. The molecular formula is C22H23N7O2S2. The molecule has 9 nitrogen and oxygen atoms in total. The van der Waals surface area contributed by atoms with Crippen molar-refractivity contribution in [3.8, 4) is 10.7 Å². The monoisotopic (exact) mass is 481 g/mol. The minimum Gasteiger partial charge on any atom is -0.302 e. The Morgan fingerprint density at radius 3 is 2.76 bits per heavy atom. The van der Waals surface area contributed by atoms with Crippen LogP contribution in [-0.2, 0) is 10.0 Å². The van der Waals surface area contributed by atoms with Crippen LogP contribution in [0.3, 0.4) is 0 Å². The van der Waals surface area contributed by atoms with Crippen molar-refractivity contribution in [1.82, 2.24) is 34.4 Å². The van der Waals surface area contributed by atoms with Gasteiger partial charge in [0.25, 0.3) is 0 Å². The number of aromatic nitrogens is 5. The predicted octanol–water partition coefficient (Wildman–Crippen LogP) is 2.95. The second-order valence-corrected chi connectivity index (χ2v) is 11.6. The zero-order valence-electron chi connectivity index (χ0n) is 18.3. The first-order valence-electron chi connectivity index (χ1n) is 10.8. The molecule has 1 saturated carbocycles. The number of benzene rings is 1. The fraction of sp³-hybridized carbons (Fsp3) is 0.364. The van der Waals surface area contributed by atoms with Crippen molar-refractivity contribution in [1.29, 1.82) is 0 Å². The van der Waals surface area contributed by atoms with Crippen LogP contribution < -0.4 is 4.72 Å². The lowest BCUT2D eigenvalue weighted by atomic mass is 9.97. The lowest BCUT2D eigenvalue weighted by Crippen LogP contribution is -2.34. The molecule has 1 aliphatic carbocycles. The third kappa shape index (κ3) is 3.74. The second kappa shape index (κ2) is 7.39. The molecule has 0 bridgehead atoms. The zero-order chi connectivity index (χ0) is 22.8. The van der Waals surface area contributed by atoms with Crippen LogP contribution in [0.25, 0.3) is 32.8 Å². The lowest BCUT2D eigenvalue weighted by molar-refractivity contribution is 0.370. The van der Waals surface area contributed by atoms with Crippen molar-refractivity contribution in [2.24, 2.45) is 0 Å². The van der Waals surface area contributed by atoms with E-state index in [1.54, 1.807) is 28.4 Å². The van der Waals surface area contributed by atoms with Crippen LogP contribution in [0.15, 0.2) is 40.9 Å². The van der Waals surface area contributed by atoms with Crippen molar-refractivity contribution in [2.75, 3.05) is 20.1 Å². The number of nitrogens with zero attached hydrogens (tertiary/aromatic N) is 6. The Kier molecular flexibility index (Phi) is 4.67. The first-order valence-corrected chi connectivity index (χ1v) is 13.2. The highest BCUT2D eigenvalue weighted by molar-refractivity contribution is 7.89. The summed E-state index contributed by atoms with van der Waals surface area (Å²) in [5.41, 5.74) is 5.55. The molecule has 1 aliphatic heterocycles. The van der Waals surface area contributed by atoms with Crippen molar-refractivity contribution < 1.29 is 8.42 Å². The summed E-state index contributed by atoms with van der Waals surface area (Å²) in [5.74, 6) is 0. The van der Waals surface area contributed by atoms with Gasteiger partial charge in [-0.05, 0) is 50.9 Å². The molecule has 2 aliphatic rings. The number of hydrogen-bond donors (Lipinski definition) is 1. The van der Waals surface area contributed by atoms with Crippen LogP contribution in [-0.4, -0.2) is 63.8 Å². The van der Waals surface area contributed by atoms with Gasteiger partial charge in [0, 0.05) is 41.8 Å². The summed E-state index contributed by atoms with van der Waals surface area (Å²) >= 11 is 1.42. The number of nitrogens with one attached hydrogen (secondary N) is 1. The maximum absolute atomic E-state index is 13.2. The molecule has 1 aromatic carbocycles. The van der Waals surface area contributed by atoms with Gasteiger partial charge in [0.2, 0.25) is 10.0 Å². The van der Waals surface area contributed by atoms with Gasteiger partial charge in [-0.1, -0.05) is 17.4 Å². The van der Waals surface area contributed by atoms with Crippen LogP contribution in [0.1, 0.15) is 31.7 Å². The molecule has 11 heteroatoms. The van der Waals surface area contributed by atoms with Gasteiger partial charge in [-0.25, -0.2) is 22.6 Å². The molecular weight excluding hydrogens is 458 g/mol. The normalized spacial score (nSPS) is 18.7. The van der Waals surface area contributed by atoms with Crippen LogP contribution in [0.5, 0.6) is 0 Å². The topological polar surface area (TPSA) is 105 Å². The van der Waals surface area contributed by atoms with Crippen molar-refractivity contribution in [3.63, 3.8) is 0 Å². The van der Waals surface area contributed by atoms with Crippen molar-refractivity contribution >= 4 is 43.5 Å². The average molecular weight is 482 g/mol. The SMILES string of the molecule is CN1CC=C(c2cc(S(=O)(=O)NC3(C)CC3)cc3cnc4cc(-c5nncs5)nn4c23)CC1. The van der Waals surface area contributed by atoms with Gasteiger partial charge in [-0.15, -0.1) is 10.2 Å². The molecule has 0 amide bonds. The molecule has 0 radical (unpaired) electrons. The van der Waals surface area contributed by atoms with E-state index in [1.807, 2.05) is 13.0 Å². The highest BCUT2D eigenvalue weighted by atomic mass is 32.2. The van der Waals surface area contributed by atoms with Crippen LogP contribution in [0.4, 0.5) is 0 Å². The van der Waals surface area contributed by atoms with E-state index in [-0.39, 0.29) is 10.4 Å². The molecule has 3 aromatic heterocycles. The number of hydrogen-bond acceptors (Lipinski definition) is 8. The van der Waals surface area contributed by atoms with Gasteiger partial charge < -0.3 is 4.90 Å². The van der Waals surface area contributed by atoms with E-state index in [1.165, 1.54) is 11.3 Å². The Morgan fingerprint density at radius 1 is 1.21 bits per heavy atom. The van der Waals surface area contributed by atoms with E-state index in [0.717, 1.165) is 59.4 Å². The molecule has 4 heterocycles. The number of likely N-dealkylation sites (N-methyl/N-ethyl adjacent to an activating group) is 1. The summed E-state index contributed by atoms with van der Waals surface area (Å²) in [4.78, 5) is 7.06. The Bertz CT molecular complexity index is 1520. The van der Waals surface area contributed by atoms with Crippen LogP contribution in [0, 0.1) is 0 Å². The first-order chi connectivity index (χ1) is 15.8. The summed E-state index contributed by atoms with van der Waals surface area (Å²) in [5, 5.41) is 14.3. The zero-order valence-corrected chi connectivity index (χ0v) is 19.9. The molecule has 0 unspecified atom stereocenters. The quantitative estimate of drug-likeness (QED) is 0.467. The smallest absolute Gasteiger partial charge is 0.241 e. The highest BCUT2D eigenvalue weighted by Gasteiger charge is 2.41. The van der Waals surface area contributed by atoms with E-state index >= 15 is 0 Å². The summed E-state index contributed by atoms with van der Waals surface area (Å²) in [7, 11) is -1.58. The summed E-state index contributed by atoms with van der Waals surface area (Å²) < 4.78 is 31.2. The Morgan fingerprint density at radius 2 is 2.06 bits per heavy atom. The minimum absolute atomic E-state index is 0.260. The highest BCUT2D eigenvalue weighted by Crippen LogP contribution is 2.37. The number of sulfonamides is 1. The summed E-state index contributed by atoms with van der Waals surface area (Å²) in [6.45, 7) is 3.66. The Labute approximate surface area is 195 Å². The van der Waals surface area contributed by atoms with Crippen LogP contribution >= 0.6 is 11.3 Å². The van der Waals surface area contributed by atoms with Gasteiger partial charge in [-0.3, -0.25) is 0 Å². The van der Waals surface area contributed by atoms with Gasteiger partial charge in [-0.2, -0.15) is 5.10 Å². The fourth-order valence-corrected chi connectivity index (χ4v) is 6.24. The van der Waals surface area contributed by atoms with E-state index in [0.29, 0.717) is 11.3 Å². The minimum atomic E-state index is -3.66. The van der Waals surface area contributed by atoms with Crippen molar-refractivity contribution in [3.05, 3.63) is 41.5 Å². The molecule has 170 valence electrons. The van der Waals surface area contributed by atoms with Gasteiger partial charge in [0.15, 0.2) is 10.7 Å². The number of fused-ring (bicyclic) bond motifs is 3. The third-order valence-corrected chi connectivity index (χ3v) is 8.71. The molecule has 6 rings (SSSR count). The van der Waals surface area contributed by atoms with Gasteiger partial charge in [0.05, 0.1) is 10.4 Å². The van der Waals surface area contributed by atoms with E-state index in [9.17, 15) is 8.42 Å². The second-order valence-electron chi connectivity index (χ2n) is 9.12. The number of rotatable bonds is 5.